The van der Waals surface area contributed by atoms with Gasteiger partial charge in [0.1, 0.15) is 11.6 Å². The highest BCUT2D eigenvalue weighted by Gasteiger charge is 2.58. The Morgan fingerprint density at radius 2 is 2.22 bits per heavy atom. The lowest BCUT2D eigenvalue weighted by atomic mass is 9.54. The number of rotatable bonds is 2. The molecular weight excluding hydrogens is 287 g/mol. The van der Waals surface area contributed by atoms with Crippen LogP contribution in [0.4, 0.5) is 4.39 Å². The summed E-state index contributed by atoms with van der Waals surface area (Å²) < 4.78 is 14.2. The number of halogens is 1. The van der Waals surface area contributed by atoms with Gasteiger partial charge in [-0.2, -0.15) is 0 Å². The first-order valence-electron chi connectivity index (χ1n) is 8.97. The zero-order chi connectivity index (χ0) is 16.2. The van der Waals surface area contributed by atoms with Gasteiger partial charge in [-0.3, -0.25) is 4.79 Å². The maximum Gasteiger partial charge on any atom is 0.139 e. The Kier molecular flexibility index (Phi) is 3.48. The van der Waals surface area contributed by atoms with Crippen LogP contribution in [0.5, 0.6) is 0 Å². The molecule has 0 saturated heterocycles. The van der Waals surface area contributed by atoms with Crippen LogP contribution in [0.2, 0.25) is 0 Å². The molecule has 3 aliphatic carbocycles. The van der Waals surface area contributed by atoms with Crippen LogP contribution in [-0.4, -0.2) is 5.78 Å². The zero-order valence-electron chi connectivity index (χ0n) is 13.9. The number of benzene rings is 1. The molecule has 0 bridgehead atoms. The van der Waals surface area contributed by atoms with Crippen LogP contribution in [0.3, 0.4) is 0 Å². The van der Waals surface area contributed by atoms with Gasteiger partial charge in [0.25, 0.3) is 0 Å². The molecule has 0 spiro atoms. The molecule has 1 aromatic carbocycles. The minimum Gasteiger partial charge on any atom is -0.299 e. The molecule has 0 radical (unpaired) electrons. The van der Waals surface area contributed by atoms with E-state index in [1.54, 1.807) is 6.07 Å². The van der Waals surface area contributed by atoms with Crippen molar-refractivity contribution in [2.24, 2.45) is 23.2 Å². The molecule has 1 aromatic rings. The van der Waals surface area contributed by atoms with Gasteiger partial charge in [0.2, 0.25) is 0 Å². The van der Waals surface area contributed by atoms with E-state index in [1.807, 2.05) is 12.1 Å². The fourth-order valence-corrected chi connectivity index (χ4v) is 6.06. The summed E-state index contributed by atoms with van der Waals surface area (Å²) >= 11 is 0. The molecule has 122 valence electrons. The molecule has 5 atom stereocenters. The van der Waals surface area contributed by atoms with E-state index in [4.69, 9.17) is 0 Å². The minimum absolute atomic E-state index is 0.0422. The molecule has 0 N–H and O–H groups in total. The molecule has 0 aromatic heterocycles. The van der Waals surface area contributed by atoms with Crippen LogP contribution in [-0.2, 0) is 11.2 Å². The molecular formula is C21H25FO. The van der Waals surface area contributed by atoms with Crippen molar-refractivity contribution >= 4 is 5.78 Å². The number of hydrogen-bond donors (Lipinski definition) is 0. The van der Waals surface area contributed by atoms with E-state index in [0.29, 0.717) is 35.9 Å². The summed E-state index contributed by atoms with van der Waals surface area (Å²) in [6, 6.07) is 5.56. The van der Waals surface area contributed by atoms with Crippen molar-refractivity contribution in [1.29, 1.82) is 0 Å². The Morgan fingerprint density at radius 1 is 1.39 bits per heavy atom. The normalized spacial score (nSPS) is 38.6. The van der Waals surface area contributed by atoms with Gasteiger partial charge in [-0.25, -0.2) is 4.39 Å². The quantitative estimate of drug-likeness (QED) is 0.698. The molecule has 0 amide bonds. The van der Waals surface area contributed by atoms with E-state index in [1.165, 1.54) is 5.56 Å². The highest BCUT2D eigenvalue weighted by molar-refractivity contribution is 5.87. The van der Waals surface area contributed by atoms with Crippen molar-refractivity contribution in [3.63, 3.8) is 0 Å². The number of hydrogen-bond acceptors (Lipinski definition) is 1. The molecule has 1 nitrogen and oxygen atoms in total. The third-order valence-electron chi connectivity index (χ3n) is 7.03. The Hall–Kier alpha value is -1.44. The lowest BCUT2D eigenvalue weighted by Gasteiger charge is -2.49. The predicted molar refractivity (Wildman–Crippen MR) is 89.7 cm³/mol. The molecule has 0 unspecified atom stereocenters. The second-order valence-corrected chi connectivity index (χ2v) is 8.01. The molecule has 2 saturated carbocycles. The first kappa shape index (κ1) is 15.1. The second-order valence-electron chi connectivity index (χ2n) is 8.01. The lowest BCUT2D eigenvalue weighted by molar-refractivity contribution is -0.129. The smallest absolute Gasteiger partial charge is 0.139 e. The summed E-state index contributed by atoms with van der Waals surface area (Å²) in [6.07, 6.45) is 7.47. The number of carbonyl (C=O) groups is 1. The lowest BCUT2D eigenvalue weighted by Crippen LogP contribution is -2.44. The van der Waals surface area contributed by atoms with Crippen molar-refractivity contribution in [3.8, 4) is 0 Å². The number of allylic oxidation sites excluding steroid dienone is 1. The number of Topliss-reactive ketones (excluding diaryl/α,β-unsaturated/α-hetero) is 1. The molecule has 4 rings (SSSR count). The SMILES string of the molecule is C=CC[C@@H]1CC(=O)[C@@]2(C)CC[C@@H]3c4cccc(F)c4CC[C@H]3[C@H]12. The van der Waals surface area contributed by atoms with E-state index in [0.717, 1.165) is 37.7 Å². The zero-order valence-corrected chi connectivity index (χ0v) is 13.9. The number of carbonyl (C=O) groups excluding carboxylic acids is 1. The highest BCUT2D eigenvalue weighted by Crippen LogP contribution is 2.62. The minimum atomic E-state index is -0.153. The van der Waals surface area contributed by atoms with Gasteiger partial charge in [0.05, 0.1) is 0 Å². The molecule has 0 heterocycles. The Morgan fingerprint density at radius 3 is 3.00 bits per heavy atom. The summed E-state index contributed by atoms with van der Waals surface area (Å²) in [4.78, 5) is 12.7. The maximum atomic E-state index is 14.2. The van der Waals surface area contributed by atoms with Crippen molar-refractivity contribution in [2.75, 3.05) is 0 Å². The van der Waals surface area contributed by atoms with Crippen LogP contribution in [0, 0.1) is 29.0 Å². The molecule has 3 aliphatic rings. The van der Waals surface area contributed by atoms with Crippen molar-refractivity contribution in [2.45, 2.75) is 51.4 Å². The summed E-state index contributed by atoms with van der Waals surface area (Å²) in [5, 5.41) is 0. The van der Waals surface area contributed by atoms with Crippen LogP contribution in [0.25, 0.3) is 0 Å². The summed E-state index contributed by atoms with van der Waals surface area (Å²) in [5.41, 5.74) is 2.00. The third-order valence-corrected chi connectivity index (χ3v) is 7.03. The average Bonchev–Trinajstić information content (AvgIpc) is 2.79. The summed E-state index contributed by atoms with van der Waals surface area (Å²) in [6.45, 7) is 6.10. The largest absolute Gasteiger partial charge is 0.299 e. The van der Waals surface area contributed by atoms with E-state index in [9.17, 15) is 9.18 Å². The van der Waals surface area contributed by atoms with Crippen molar-refractivity contribution < 1.29 is 9.18 Å². The van der Waals surface area contributed by atoms with Gasteiger partial charge >= 0.3 is 0 Å². The van der Waals surface area contributed by atoms with Crippen LogP contribution in [0.15, 0.2) is 30.9 Å². The summed E-state index contributed by atoms with van der Waals surface area (Å²) in [7, 11) is 0. The maximum absolute atomic E-state index is 14.2. The van der Waals surface area contributed by atoms with Crippen LogP contribution < -0.4 is 0 Å². The van der Waals surface area contributed by atoms with Gasteiger partial charge in [-0.05, 0) is 73.0 Å². The van der Waals surface area contributed by atoms with Gasteiger partial charge in [0, 0.05) is 11.8 Å². The highest BCUT2D eigenvalue weighted by atomic mass is 19.1. The number of fused-ring (bicyclic) bond motifs is 5. The van der Waals surface area contributed by atoms with E-state index < -0.39 is 0 Å². The van der Waals surface area contributed by atoms with Gasteiger partial charge in [-0.15, -0.1) is 6.58 Å². The standard InChI is InChI=1S/C21H25FO/c1-3-5-13-12-19(23)21(2)11-10-15-14-6-4-7-18(22)16(14)8-9-17(15)20(13)21/h3-4,6-7,13,15,17,20H,1,5,8-12H2,2H3/t13-,15-,17-,20+,21-/m1/s1. The van der Waals surface area contributed by atoms with Crippen molar-refractivity contribution in [1.82, 2.24) is 0 Å². The fourth-order valence-electron chi connectivity index (χ4n) is 6.06. The second kappa shape index (κ2) is 5.29. The predicted octanol–water partition coefficient (Wildman–Crippen LogP) is 5.05. The third kappa shape index (κ3) is 2.07. The van der Waals surface area contributed by atoms with Gasteiger partial charge in [-0.1, -0.05) is 25.1 Å². The van der Waals surface area contributed by atoms with Gasteiger partial charge in [0.15, 0.2) is 0 Å². The molecule has 23 heavy (non-hydrogen) atoms. The first-order chi connectivity index (χ1) is 11.1. The van der Waals surface area contributed by atoms with E-state index in [-0.39, 0.29) is 11.2 Å². The molecule has 0 aliphatic heterocycles. The molecule has 2 fully saturated rings. The average molecular weight is 312 g/mol. The molecule has 2 heteroatoms. The van der Waals surface area contributed by atoms with Gasteiger partial charge < -0.3 is 0 Å². The monoisotopic (exact) mass is 312 g/mol. The van der Waals surface area contributed by atoms with E-state index in [2.05, 4.69) is 19.6 Å². The van der Waals surface area contributed by atoms with E-state index >= 15 is 0 Å². The van der Waals surface area contributed by atoms with Crippen molar-refractivity contribution in [3.05, 3.63) is 47.8 Å². The Labute approximate surface area is 138 Å². The first-order valence-corrected chi connectivity index (χ1v) is 8.97. The number of ketones is 1. The fraction of sp³-hybridized carbons (Fsp3) is 0.571. The van der Waals surface area contributed by atoms with Crippen LogP contribution >= 0.6 is 0 Å². The Balaban J connectivity index is 1.75. The topological polar surface area (TPSA) is 17.1 Å². The van der Waals surface area contributed by atoms with Crippen LogP contribution in [0.1, 0.15) is 56.1 Å². The Bertz CT molecular complexity index is 664. The summed E-state index contributed by atoms with van der Waals surface area (Å²) in [5.74, 6) is 2.26.